The van der Waals surface area contributed by atoms with E-state index in [0.29, 0.717) is 11.3 Å². The second-order valence-electron chi connectivity index (χ2n) is 7.00. The first-order valence-corrected chi connectivity index (χ1v) is 8.24. The Balaban J connectivity index is 0.00000147. The van der Waals surface area contributed by atoms with E-state index in [4.69, 9.17) is 0 Å². The average Bonchev–Trinajstić information content (AvgIpc) is 3.07. The molecule has 0 bridgehead atoms. The summed E-state index contributed by atoms with van der Waals surface area (Å²) in [7, 11) is 0. The van der Waals surface area contributed by atoms with E-state index in [9.17, 15) is 4.79 Å². The van der Waals surface area contributed by atoms with Crippen molar-refractivity contribution in [2.75, 3.05) is 19.6 Å². The van der Waals surface area contributed by atoms with Crippen LogP contribution in [0.2, 0.25) is 0 Å². The molecule has 1 aliphatic carbocycles. The molecular formula is C16H29ClN2O. The highest BCUT2D eigenvalue weighted by Crippen LogP contribution is 2.44. The van der Waals surface area contributed by atoms with Crippen LogP contribution in [-0.2, 0) is 4.79 Å². The molecule has 3 fully saturated rings. The lowest BCUT2D eigenvalue weighted by Crippen LogP contribution is -2.54. The lowest BCUT2D eigenvalue weighted by atomic mass is 9.73. The summed E-state index contributed by atoms with van der Waals surface area (Å²) in [4.78, 5) is 15.1. The van der Waals surface area contributed by atoms with Crippen molar-refractivity contribution in [3.05, 3.63) is 0 Å². The van der Waals surface area contributed by atoms with Gasteiger partial charge >= 0.3 is 0 Å². The van der Waals surface area contributed by atoms with Gasteiger partial charge in [0.2, 0.25) is 5.91 Å². The highest BCUT2D eigenvalue weighted by atomic mass is 35.5. The minimum absolute atomic E-state index is 0. The van der Waals surface area contributed by atoms with E-state index >= 15 is 0 Å². The predicted octanol–water partition coefficient (Wildman–Crippen LogP) is 3.12. The van der Waals surface area contributed by atoms with Crippen molar-refractivity contribution in [1.29, 1.82) is 0 Å². The van der Waals surface area contributed by atoms with Gasteiger partial charge in [0.15, 0.2) is 0 Å². The molecule has 2 aliphatic heterocycles. The highest BCUT2D eigenvalue weighted by Gasteiger charge is 2.47. The molecule has 1 spiro atoms. The zero-order valence-corrected chi connectivity index (χ0v) is 13.6. The van der Waals surface area contributed by atoms with E-state index in [2.05, 4.69) is 17.1 Å². The third-order valence-electron chi connectivity index (χ3n) is 5.90. The van der Waals surface area contributed by atoms with E-state index in [1.54, 1.807) is 0 Å². The molecule has 0 radical (unpaired) electrons. The van der Waals surface area contributed by atoms with Crippen LogP contribution in [0, 0.1) is 5.41 Å². The number of hydrogen-bond donors (Lipinski definition) is 1. The molecule has 116 valence electrons. The number of carbonyl (C=O) groups excluding carboxylic acids is 1. The normalized spacial score (nSPS) is 32.4. The lowest BCUT2D eigenvalue weighted by molar-refractivity contribution is -0.137. The van der Waals surface area contributed by atoms with Crippen LogP contribution < -0.4 is 5.32 Å². The summed E-state index contributed by atoms with van der Waals surface area (Å²) in [6.07, 6.45) is 11.2. The SMILES string of the molecule is CCC1(C(=O)N2CCC3(CCCCC3)C2)CCCN1.Cl. The molecule has 0 aromatic carbocycles. The molecule has 20 heavy (non-hydrogen) atoms. The van der Waals surface area contributed by atoms with Gasteiger partial charge in [0.1, 0.15) is 0 Å². The summed E-state index contributed by atoms with van der Waals surface area (Å²) >= 11 is 0. The highest BCUT2D eigenvalue weighted by molar-refractivity contribution is 5.87. The van der Waals surface area contributed by atoms with Crippen molar-refractivity contribution in [1.82, 2.24) is 10.2 Å². The summed E-state index contributed by atoms with van der Waals surface area (Å²) in [5.41, 5.74) is 0.266. The van der Waals surface area contributed by atoms with Crippen LogP contribution >= 0.6 is 12.4 Å². The molecule has 1 atom stereocenters. The largest absolute Gasteiger partial charge is 0.341 e. The fraction of sp³-hybridized carbons (Fsp3) is 0.938. The van der Waals surface area contributed by atoms with Crippen molar-refractivity contribution in [3.8, 4) is 0 Å². The Labute approximate surface area is 129 Å². The van der Waals surface area contributed by atoms with Gasteiger partial charge in [-0.1, -0.05) is 26.2 Å². The van der Waals surface area contributed by atoms with Crippen molar-refractivity contribution in [2.45, 2.75) is 70.3 Å². The first-order chi connectivity index (χ1) is 9.20. The van der Waals surface area contributed by atoms with Crippen LogP contribution in [0.25, 0.3) is 0 Å². The molecule has 0 aromatic rings. The molecule has 1 amide bonds. The monoisotopic (exact) mass is 300 g/mol. The van der Waals surface area contributed by atoms with Crippen molar-refractivity contribution in [2.24, 2.45) is 5.41 Å². The summed E-state index contributed by atoms with van der Waals surface area (Å²) < 4.78 is 0. The smallest absolute Gasteiger partial charge is 0.242 e. The van der Waals surface area contributed by atoms with E-state index in [1.165, 1.54) is 38.5 Å². The number of rotatable bonds is 2. The maximum Gasteiger partial charge on any atom is 0.242 e. The zero-order valence-electron chi connectivity index (χ0n) is 12.7. The Kier molecular flexibility index (Phi) is 5.01. The van der Waals surface area contributed by atoms with Crippen LogP contribution in [0.5, 0.6) is 0 Å². The Morgan fingerprint density at radius 1 is 1.10 bits per heavy atom. The Morgan fingerprint density at radius 2 is 1.85 bits per heavy atom. The maximum absolute atomic E-state index is 12.9. The van der Waals surface area contributed by atoms with Gasteiger partial charge in [0.05, 0.1) is 5.54 Å². The standard InChI is InChI=1S/C16H28N2O.ClH/c1-2-16(9-6-11-17-16)14(19)18-12-10-15(13-18)7-4-3-5-8-15;/h17H,2-13H2,1H3;1H. The molecule has 2 saturated heterocycles. The van der Waals surface area contributed by atoms with Crippen LogP contribution in [0.4, 0.5) is 0 Å². The maximum atomic E-state index is 12.9. The summed E-state index contributed by atoms with van der Waals surface area (Å²) in [6, 6.07) is 0. The fourth-order valence-electron chi connectivity index (χ4n) is 4.56. The van der Waals surface area contributed by atoms with E-state index < -0.39 is 0 Å². The topological polar surface area (TPSA) is 32.3 Å². The summed E-state index contributed by atoms with van der Waals surface area (Å²) in [6.45, 7) is 5.21. The quantitative estimate of drug-likeness (QED) is 0.850. The number of likely N-dealkylation sites (tertiary alicyclic amines) is 1. The minimum Gasteiger partial charge on any atom is -0.341 e. The van der Waals surface area contributed by atoms with Gasteiger partial charge in [-0.05, 0) is 50.5 Å². The second kappa shape index (κ2) is 6.23. The molecular weight excluding hydrogens is 272 g/mol. The van der Waals surface area contributed by atoms with Gasteiger partial charge in [0, 0.05) is 13.1 Å². The molecule has 1 N–H and O–H groups in total. The van der Waals surface area contributed by atoms with E-state index in [0.717, 1.165) is 38.9 Å². The molecule has 2 heterocycles. The summed E-state index contributed by atoms with van der Waals surface area (Å²) in [5.74, 6) is 0.398. The van der Waals surface area contributed by atoms with Crippen LogP contribution in [0.1, 0.15) is 64.7 Å². The van der Waals surface area contributed by atoms with Gasteiger partial charge in [-0.3, -0.25) is 4.79 Å². The predicted molar refractivity (Wildman–Crippen MR) is 84.2 cm³/mol. The summed E-state index contributed by atoms with van der Waals surface area (Å²) in [5, 5.41) is 3.50. The van der Waals surface area contributed by atoms with Gasteiger partial charge < -0.3 is 10.2 Å². The van der Waals surface area contributed by atoms with Crippen molar-refractivity contribution >= 4 is 18.3 Å². The lowest BCUT2D eigenvalue weighted by Gasteiger charge is -2.35. The zero-order chi connectivity index (χ0) is 13.3. The van der Waals surface area contributed by atoms with Crippen molar-refractivity contribution in [3.63, 3.8) is 0 Å². The Morgan fingerprint density at radius 3 is 2.45 bits per heavy atom. The molecule has 3 aliphatic rings. The second-order valence-corrected chi connectivity index (χ2v) is 7.00. The molecule has 0 aromatic heterocycles. The van der Waals surface area contributed by atoms with Gasteiger partial charge in [0.25, 0.3) is 0 Å². The number of halogens is 1. The molecule has 1 saturated carbocycles. The first-order valence-electron chi connectivity index (χ1n) is 8.24. The third-order valence-corrected chi connectivity index (χ3v) is 5.90. The van der Waals surface area contributed by atoms with Crippen LogP contribution in [-0.4, -0.2) is 36.0 Å². The third kappa shape index (κ3) is 2.71. The van der Waals surface area contributed by atoms with Crippen molar-refractivity contribution < 1.29 is 4.79 Å². The first kappa shape index (κ1) is 16.1. The fourth-order valence-corrected chi connectivity index (χ4v) is 4.56. The number of nitrogens with one attached hydrogen (secondary N) is 1. The number of nitrogens with zero attached hydrogens (tertiary/aromatic N) is 1. The number of hydrogen-bond acceptors (Lipinski definition) is 2. The van der Waals surface area contributed by atoms with E-state index in [-0.39, 0.29) is 17.9 Å². The Hall–Kier alpha value is -0.280. The molecule has 3 nitrogen and oxygen atoms in total. The molecule has 4 heteroatoms. The minimum atomic E-state index is -0.222. The average molecular weight is 301 g/mol. The van der Waals surface area contributed by atoms with E-state index in [1.807, 2.05) is 0 Å². The van der Waals surface area contributed by atoms with Crippen LogP contribution in [0.3, 0.4) is 0 Å². The molecule has 1 unspecified atom stereocenters. The number of amides is 1. The van der Waals surface area contributed by atoms with Gasteiger partial charge in [-0.15, -0.1) is 12.4 Å². The molecule has 3 rings (SSSR count). The number of carbonyl (C=O) groups is 1. The van der Waals surface area contributed by atoms with Gasteiger partial charge in [-0.25, -0.2) is 0 Å². The van der Waals surface area contributed by atoms with Gasteiger partial charge in [-0.2, -0.15) is 0 Å². The van der Waals surface area contributed by atoms with Crippen LogP contribution in [0.15, 0.2) is 0 Å². The Bertz CT molecular complexity index is 346.